The minimum atomic E-state index is -0.376. The van der Waals surface area contributed by atoms with Crippen molar-refractivity contribution in [3.63, 3.8) is 0 Å². The van der Waals surface area contributed by atoms with Gasteiger partial charge in [-0.15, -0.1) is 0 Å². The van der Waals surface area contributed by atoms with Crippen molar-refractivity contribution >= 4 is 22.6 Å². The fourth-order valence-corrected chi connectivity index (χ4v) is 2.63. The van der Waals surface area contributed by atoms with Crippen LogP contribution in [0, 0.1) is 16.4 Å². The monoisotopic (exact) mass is 318 g/mol. The first kappa shape index (κ1) is 11.4. The molecule has 1 fully saturated rings. The van der Waals surface area contributed by atoms with Gasteiger partial charge in [0.25, 0.3) is 0 Å². The molecule has 1 saturated heterocycles. The highest BCUT2D eigenvalue weighted by molar-refractivity contribution is 14.1. The molecule has 0 amide bonds. The lowest BCUT2D eigenvalue weighted by atomic mass is 9.94. The molecule has 0 radical (unpaired) electrons. The van der Waals surface area contributed by atoms with Crippen LogP contribution in [0.1, 0.15) is 23.7 Å². The maximum Gasteiger partial charge on any atom is 0.0851 e. The zero-order chi connectivity index (χ0) is 10.8. The van der Waals surface area contributed by atoms with E-state index in [0.29, 0.717) is 6.61 Å². The molecule has 3 heteroatoms. The topological polar surface area (TPSA) is 29.5 Å². The maximum absolute atomic E-state index is 10.2. The molecule has 1 aliphatic rings. The van der Waals surface area contributed by atoms with Gasteiger partial charge in [-0.3, -0.25) is 0 Å². The van der Waals surface area contributed by atoms with Crippen LogP contribution in [0.15, 0.2) is 18.2 Å². The van der Waals surface area contributed by atoms with Crippen LogP contribution in [0.5, 0.6) is 0 Å². The largest absolute Gasteiger partial charge is 0.388 e. The Bertz CT molecular complexity index is 345. The molecule has 1 aliphatic heterocycles. The highest BCUT2D eigenvalue weighted by Gasteiger charge is 2.26. The quantitative estimate of drug-likeness (QED) is 0.850. The van der Waals surface area contributed by atoms with E-state index in [0.717, 1.165) is 18.6 Å². The number of halogens is 1. The molecule has 2 atom stereocenters. The summed E-state index contributed by atoms with van der Waals surface area (Å²) in [7, 11) is 0. The summed E-state index contributed by atoms with van der Waals surface area (Å²) < 4.78 is 6.48. The van der Waals surface area contributed by atoms with Crippen LogP contribution in [-0.4, -0.2) is 18.3 Å². The van der Waals surface area contributed by atoms with E-state index in [9.17, 15) is 5.11 Å². The molecule has 2 nitrogen and oxygen atoms in total. The summed E-state index contributed by atoms with van der Waals surface area (Å²) in [6, 6.07) is 6.09. The molecule has 2 unspecified atom stereocenters. The summed E-state index contributed by atoms with van der Waals surface area (Å²) in [6.45, 7) is 3.54. The highest BCUT2D eigenvalue weighted by Crippen LogP contribution is 2.32. The molecule has 1 heterocycles. The van der Waals surface area contributed by atoms with E-state index in [2.05, 4.69) is 35.6 Å². The number of aryl methyl sites for hydroxylation is 1. The van der Waals surface area contributed by atoms with Gasteiger partial charge in [-0.25, -0.2) is 0 Å². The third-order valence-corrected chi connectivity index (χ3v) is 4.43. The van der Waals surface area contributed by atoms with Crippen molar-refractivity contribution in [2.75, 3.05) is 13.2 Å². The van der Waals surface area contributed by atoms with Crippen LogP contribution >= 0.6 is 22.6 Å². The lowest BCUT2D eigenvalue weighted by Crippen LogP contribution is -2.14. The zero-order valence-electron chi connectivity index (χ0n) is 8.74. The van der Waals surface area contributed by atoms with Crippen molar-refractivity contribution in [3.05, 3.63) is 32.9 Å². The Morgan fingerprint density at radius 2 is 2.33 bits per heavy atom. The van der Waals surface area contributed by atoms with Gasteiger partial charge in [0.05, 0.1) is 12.7 Å². The van der Waals surface area contributed by atoms with Gasteiger partial charge >= 0.3 is 0 Å². The lowest BCUT2D eigenvalue weighted by molar-refractivity contribution is 0.0911. The van der Waals surface area contributed by atoms with Gasteiger partial charge in [0.15, 0.2) is 0 Å². The summed E-state index contributed by atoms with van der Waals surface area (Å²) >= 11 is 2.31. The van der Waals surface area contributed by atoms with Crippen molar-refractivity contribution < 1.29 is 9.84 Å². The van der Waals surface area contributed by atoms with Gasteiger partial charge < -0.3 is 9.84 Å². The van der Waals surface area contributed by atoms with Gasteiger partial charge in [0, 0.05) is 16.1 Å². The van der Waals surface area contributed by atoms with Crippen molar-refractivity contribution in [2.24, 2.45) is 5.92 Å². The smallest absolute Gasteiger partial charge is 0.0851 e. The van der Waals surface area contributed by atoms with Crippen LogP contribution in [0.2, 0.25) is 0 Å². The van der Waals surface area contributed by atoms with Gasteiger partial charge in [0.2, 0.25) is 0 Å². The summed E-state index contributed by atoms with van der Waals surface area (Å²) in [6.07, 6.45) is 0.588. The van der Waals surface area contributed by atoms with E-state index >= 15 is 0 Å². The van der Waals surface area contributed by atoms with E-state index in [1.165, 1.54) is 9.13 Å². The van der Waals surface area contributed by atoms with E-state index in [-0.39, 0.29) is 12.0 Å². The molecule has 15 heavy (non-hydrogen) atoms. The summed E-state index contributed by atoms with van der Waals surface area (Å²) in [5.74, 6) is 0.264. The Labute approximate surface area is 104 Å². The molecule has 0 spiro atoms. The normalized spacial score (nSPS) is 23.0. The first-order valence-corrected chi connectivity index (χ1v) is 6.29. The standard InChI is InChI=1S/C12H15IO2/c1-8-3-2-4-10(11(8)13)12(14)9-5-6-15-7-9/h2-4,9,12,14H,5-7H2,1H3. The number of hydrogen-bond donors (Lipinski definition) is 1. The molecule has 0 aliphatic carbocycles. The minimum Gasteiger partial charge on any atom is -0.388 e. The van der Waals surface area contributed by atoms with Crippen molar-refractivity contribution in [1.82, 2.24) is 0 Å². The molecule has 1 aromatic rings. The number of hydrogen-bond acceptors (Lipinski definition) is 2. The van der Waals surface area contributed by atoms with E-state index in [4.69, 9.17) is 4.74 Å². The van der Waals surface area contributed by atoms with Gasteiger partial charge in [-0.05, 0) is 47.1 Å². The number of rotatable bonds is 2. The average molecular weight is 318 g/mol. The van der Waals surface area contributed by atoms with Crippen LogP contribution in [-0.2, 0) is 4.74 Å². The lowest BCUT2D eigenvalue weighted by Gasteiger charge is -2.19. The second kappa shape index (κ2) is 4.80. The molecule has 1 N–H and O–H groups in total. The van der Waals surface area contributed by atoms with Gasteiger partial charge in [-0.1, -0.05) is 18.2 Å². The Morgan fingerprint density at radius 3 is 3.00 bits per heavy atom. The Balaban J connectivity index is 2.24. The Morgan fingerprint density at radius 1 is 1.53 bits per heavy atom. The summed E-state index contributed by atoms with van der Waals surface area (Å²) in [5.41, 5.74) is 2.28. The molecule has 1 aromatic carbocycles. The van der Waals surface area contributed by atoms with Crippen LogP contribution in [0.25, 0.3) is 0 Å². The molecule has 82 valence electrons. The van der Waals surface area contributed by atoms with Crippen LogP contribution in [0.3, 0.4) is 0 Å². The predicted molar refractivity (Wildman–Crippen MR) is 67.8 cm³/mol. The van der Waals surface area contributed by atoms with Crippen molar-refractivity contribution in [2.45, 2.75) is 19.4 Å². The van der Waals surface area contributed by atoms with E-state index in [1.54, 1.807) is 0 Å². The van der Waals surface area contributed by atoms with Gasteiger partial charge in [-0.2, -0.15) is 0 Å². The predicted octanol–water partition coefficient (Wildman–Crippen LogP) is 2.67. The summed E-state index contributed by atoms with van der Waals surface area (Å²) in [5, 5.41) is 10.2. The number of aliphatic hydroxyl groups is 1. The fraction of sp³-hybridized carbons (Fsp3) is 0.500. The Hall–Kier alpha value is -0.130. The van der Waals surface area contributed by atoms with Crippen LogP contribution in [0.4, 0.5) is 0 Å². The fourth-order valence-electron chi connectivity index (χ4n) is 1.95. The first-order valence-electron chi connectivity index (χ1n) is 5.21. The minimum absolute atomic E-state index is 0.264. The third kappa shape index (κ3) is 2.34. The van der Waals surface area contributed by atoms with E-state index < -0.39 is 0 Å². The van der Waals surface area contributed by atoms with E-state index in [1.807, 2.05) is 12.1 Å². The molecule has 2 rings (SSSR count). The maximum atomic E-state index is 10.2. The zero-order valence-corrected chi connectivity index (χ0v) is 10.9. The second-order valence-corrected chi connectivity index (χ2v) is 5.13. The molecule has 0 bridgehead atoms. The van der Waals surface area contributed by atoms with Crippen molar-refractivity contribution in [3.8, 4) is 0 Å². The molecular formula is C12H15IO2. The van der Waals surface area contributed by atoms with Crippen molar-refractivity contribution in [1.29, 1.82) is 0 Å². The number of benzene rings is 1. The first-order chi connectivity index (χ1) is 7.20. The third-order valence-electron chi connectivity index (χ3n) is 2.95. The number of ether oxygens (including phenoxy) is 1. The molecular weight excluding hydrogens is 303 g/mol. The second-order valence-electron chi connectivity index (χ2n) is 4.05. The van der Waals surface area contributed by atoms with Gasteiger partial charge in [0.1, 0.15) is 0 Å². The molecule has 0 saturated carbocycles. The SMILES string of the molecule is Cc1cccc(C(O)C2CCOC2)c1I. The number of aliphatic hydroxyl groups excluding tert-OH is 1. The average Bonchev–Trinajstić information content (AvgIpc) is 2.74. The van der Waals surface area contributed by atoms with Crippen LogP contribution < -0.4 is 0 Å². The highest BCUT2D eigenvalue weighted by atomic mass is 127. The Kier molecular flexibility index (Phi) is 3.64. The summed E-state index contributed by atoms with van der Waals surface area (Å²) in [4.78, 5) is 0. The molecule has 0 aromatic heterocycles.